The van der Waals surface area contributed by atoms with Gasteiger partial charge in [0.25, 0.3) is 0 Å². The molecule has 0 spiro atoms. The highest BCUT2D eigenvalue weighted by Gasteiger charge is 2.15. The summed E-state index contributed by atoms with van der Waals surface area (Å²) in [5, 5.41) is 6.16. The van der Waals surface area contributed by atoms with Crippen molar-refractivity contribution in [1.82, 2.24) is 10.6 Å². The molecule has 1 amide bonds. The fourth-order valence-electron chi connectivity index (χ4n) is 1.39. The van der Waals surface area contributed by atoms with E-state index in [1.54, 1.807) is 0 Å². The number of carbonyl (C=O) groups is 1. The quantitative estimate of drug-likeness (QED) is 0.589. The zero-order valence-electron chi connectivity index (χ0n) is 8.14. The number of hydrogen-bond acceptors (Lipinski definition) is 3. The minimum Gasteiger partial charge on any atom is -0.381 e. The Labute approximate surface area is 79.0 Å². The van der Waals surface area contributed by atoms with Crippen molar-refractivity contribution in [3.63, 3.8) is 0 Å². The van der Waals surface area contributed by atoms with Gasteiger partial charge in [0.15, 0.2) is 0 Å². The van der Waals surface area contributed by atoms with Gasteiger partial charge in [-0.2, -0.15) is 0 Å². The second kappa shape index (κ2) is 5.94. The monoisotopic (exact) mass is 186 g/mol. The SMILES string of the molecule is CCOCCC(=O)N[C@H]1CCNC1. The predicted octanol–water partition coefficient (Wildman–Crippen LogP) is -0.109. The Hall–Kier alpha value is -0.610. The topological polar surface area (TPSA) is 50.4 Å². The molecule has 1 atom stereocenters. The van der Waals surface area contributed by atoms with E-state index in [-0.39, 0.29) is 5.91 Å². The summed E-state index contributed by atoms with van der Waals surface area (Å²) in [5.74, 6) is 0.0992. The molecule has 1 saturated heterocycles. The number of rotatable bonds is 5. The Morgan fingerprint density at radius 2 is 2.54 bits per heavy atom. The third-order valence-corrected chi connectivity index (χ3v) is 2.10. The highest BCUT2D eigenvalue weighted by molar-refractivity contribution is 5.76. The lowest BCUT2D eigenvalue weighted by Crippen LogP contribution is -2.36. The van der Waals surface area contributed by atoms with Gasteiger partial charge in [0, 0.05) is 25.6 Å². The van der Waals surface area contributed by atoms with Crippen LogP contribution in [0.25, 0.3) is 0 Å². The second-order valence-electron chi connectivity index (χ2n) is 3.20. The van der Waals surface area contributed by atoms with Gasteiger partial charge in [-0.3, -0.25) is 4.79 Å². The molecule has 0 bridgehead atoms. The maximum atomic E-state index is 11.3. The first-order chi connectivity index (χ1) is 6.33. The Morgan fingerprint density at radius 1 is 1.69 bits per heavy atom. The molecule has 1 heterocycles. The molecule has 76 valence electrons. The van der Waals surface area contributed by atoms with E-state index in [1.807, 2.05) is 6.92 Å². The van der Waals surface area contributed by atoms with Crippen LogP contribution in [0.1, 0.15) is 19.8 Å². The molecule has 4 nitrogen and oxygen atoms in total. The van der Waals surface area contributed by atoms with Crippen molar-refractivity contribution in [2.75, 3.05) is 26.3 Å². The zero-order chi connectivity index (χ0) is 9.52. The molecule has 1 aliphatic heterocycles. The third kappa shape index (κ3) is 4.24. The summed E-state index contributed by atoms with van der Waals surface area (Å²) < 4.78 is 5.09. The molecule has 1 fully saturated rings. The van der Waals surface area contributed by atoms with Gasteiger partial charge in [0.2, 0.25) is 5.91 Å². The van der Waals surface area contributed by atoms with Crippen LogP contribution in [0.3, 0.4) is 0 Å². The van der Waals surface area contributed by atoms with Crippen LogP contribution < -0.4 is 10.6 Å². The number of amides is 1. The summed E-state index contributed by atoms with van der Waals surface area (Å²) in [6.07, 6.45) is 1.52. The van der Waals surface area contributed by atoms with Crippen molar-refractivity contribution in [3.8, 4) is 0 Å². The zero-order valence-corrected chi connectivity index (χ0v) is 8.14. The second-order valence-corrected chi connectivity index (χ2v) is 3.20. The van der Waals surface area contributed by atoms with E-state index < -0.39 is 0 Å². The third-order valence-electron chi connectivity index (χ3n) is 2.10. The van der Waals surface area contributed by atoms with Crippen molar-refractivity contribution in [1.29, 1.82) is 0 Å². The van der Waals surface area contributed by atoms with E-state index >= 15 is 0 Å². The maximum absolute atomic E-state index is 11.3. The van der Waals surface area contributed by atoms with Crippen LogP contribution in [-0.2, 0) is 9.53 Å². The van der Waals surface area contributed by atoms with Crippen LogP contribution in [0.5, 0.6) is 0 Å². The maximum Gasteiger partial charge on any atom is 0.222 e. The van der Waals surface area contributed by atoms with Crippen molar-refractivity contribution >= 4 is 5.91 Å². The van der Waals surface area contributed by atoms with Gasteiger partial charge in [-0.1, -0.05) is 0 Å². The fraction of sp³-hybridized carbons (Fsp3) is 0.889. The standard InChI is InChI=1S/C9H18N2O2/c1-2-13-6-4-9(12)11-8-3-5-10-7-8/h8,10H,2-7H2,1H3,(H,11,12)/t8-/m0/s1. The number of hydrogen-bond donors (Lipinski definition) is 2. The fourth-order valence-corrected chi connectivity index (χ4v) is 1.39. The molecule has 0 radical (unpaired) electrons. The Bertz CT molecular complexity index is 156. The van der Waals surface area contributed by atoms with Gasteiger partial charge in [0.05, 0.1) is 6.61 Å². The summed E-state index contributed by atoms with van der Waals surface area (Å²) in [6.45, 7) is 5.05. The molecule has 0 aromatic heterocycles. The summed E-state index contributed by atoms with van der Waals surface area (Å²) >= 11 is 0. The van der Waals surface area contributed by atoms with Crippen molar-refractivity contribution in [2.24, 2.45) is 0 Å². The Morgan fingerprint density at radius 3 is 3.15 bits per heavy atom. The Balaban J connectivity index is 2.02. The summed E-state index contributed by atoms with van der Waals surface area (Å²) in [6, 6.07) is 0.328. The van der Waals surface area contributed by atoms with Crippen LogP contribution in [0.15, 0.2) is 0 Å². The van der Waals surface area contributed by atoms with Crippen LogP contribution >= 0.6 is 0 Å². The molecular weight excluding hydrogens is 168 g/mol. The lowest BCUT2D eigenvalue weighted by atomic mass is 10.2. The van der Waals surface area contributed by atoms with E-state index in [0.29, 0.717) is 25.7 Å². The summed E-state index contributed by atoms with van der Waals surface area (Å²) in [4.78, 5) is 11.3. The van der Waals surface area contributed by atoms with Crippen molar-refractivity contribution in [2.45, 2.75) is 25.8 Å². The van der Waals surface area contributed by atoms with Crippen LogP contribution in [0.4, 0.5) is 0 Å². The molecule has 0 unspecified atom stereocenters. The first-order valence-electron chi connectivity index (χ1n) is 4.90. The largest absolute Gasteiger partial charge is 0.381 e. The van der Waals surface area contributed by atoms with Crippen molar-refractivity contribution < 1.29 is 9.53 Å². The van der Waals surface area contributed by atoms with E-state index in [9.17, 15) is 4.79 Å². The molecule has 2 N–H and O–H groups in total. The van der Waals surface area contributed by atoms with Crippen LogP contribution in [0.2, 0.25) is 0 Å². The average Bonchev–Trinajstić information content (AvgIpc) is 2.57. The average molecular weight is 186 g/mol. The van der Waals surface area contributed by atoms with Gasteiger partial charge < -0.3 is 15.4 Å². The Kier molecular flexibility index (Phi) is 4.78. The van der Waals surface area contributed by atoms with E-state index in [2.05, 4.69) is 10.6 Å². The highest BCUT2D eigenvalue weighted by atomic mass is 16.5. The molecule has 0 aliphatic carbocycles. The minimum absolute atomic E-state index is 0.0992. The molecular formula is C9H18N2O2. The lowest BCUT2D eigenvalue weighted by molar-refractivity contribution is -0.122. The summed E-state index contributed by atoms with van der Waals surface area (Å²) in [7, 11) is 0. The van der Waals surface area contributed by atoms with E-state index in [4.69, 9.17) is 4.74 Å². The van der Waals surface area contributed by atoms with Gasteiger partial charge in [-0.15, -0.1) is 0 Å². The lowest BCUT2D eigenvalue weighted by Gasteiger charge is -2.10. The molecule has 1 aliphatic rings. The van der Waals surface area contributed by atoms with Crippen molar-refractivity contribution in [3.05, 3.63) is 0 Å². The van der Waals surface area contributed by atoms with Gasteiger partial charge >= 0.3 is 0 Å². The van der Waals surface area contributed by atoms with Crippen LogP contribution in [0, 0.1) is 0 Å². The van der Waals surface area contributed by atoms with E-state index in [1.165, 1.54) is 0 Å². The minimum atomic E-state index is 0.0992. The van der Waals surface area contributed by atoms with Crippen LogP contribution in [-0.4, -0.2) is 38.3 Å². The number of carbonyl (C=O) groups excluding carboxylic acids is 1. The summed E-state index contributed by atoms with van der Waals surface area (Å²) in [5.41, 5.74) is 0. The van der Waals surface area contributed by atoms with Gasteiger partial charge in [0.1, 0.15) is 0 Å². The molecule has 4 heteroatoms. The number of ether oxygens (including phenoxy) is 1. The number of nitrogens with one attached hydrogen (secondary N) is 2. The molecule has 13 heavy (non-hydrogen) atoms. The first-order valence-corrected chi connectivity index (χ1v) is 4.90. The normalized spacial score (nSPS) is 21.8. The molecule has 0 saturated carbocycles. The highest BCUT2D eigenvalue weighted by Crippen LogP contribution is 1.97. The van der Waals surface area contributed by atoms with Gasteiger partial charge in [-0.05, 0) is 19.9 Å². The smallest absolute Gasteiger partial charge is 0.222 e. The van der Waals surface area contributed by atoms with Gasteiger partial charge in [-0.25, -0.2) is 0 Å². The predicted molar refractivity (Wildman–Crippen MR) is 50.5 cm³/mol. The first kappa shape index (κ1) is 10.5. The molecule has 0 aromatic rings. The molecule has 1 rings (SSSR count). The molecule has 0 aromatic carbocycles. The van der Waals surface area contributed by atoms with E-state index in [0.717, 1.165) is 19.5 Å².